The van der Waals surface area contributed by atoms with Crippen molar-refractivity contribution in [1.82, 2.24) is 4.57 Å². The van der Waals surface area contributed by atoms with E-state index < -0.39 is 0 Å². The number of hydrogen-bond acceptors (Lipinski definition) is 1. The van der Waals surface area contributed by atoms with Gasteiger partial charge in [0.2, 0.25) is 0 Å². The summed E-state index contributed by atoms with van der Waals surface area (Å²) in [5, 5.41) is 0. The Morgan fingerprint density at radius 2 is 2.25 bits per heavy atom. The van der Waals surface area contributed by atoms with Crippen LogP contribution in [0.1, 0.15) is 32.4 Å². The normalized spacial score (nSPS) is 28.0. The van der Waals surface area contributed by atoms with Crippen molar-refractivity contribution in [3.63, 3.8) is 0 Å². The fourth-order valence-electron chi connectivity index (χ4n) is 1.32. The highest BCUT2D eigenvalue weighted by atomic mass is 32.2. The van der Waals surface area contributed by atoms with Crippen LogP contribution in [-0.4, -0.2) is 10.3 Å². The summed E-state index contributed by atoms with van der Waals surface area (Å²) >= 11 is 2.04. The summed E-state index contributed by atoms with van der Waals surface area (Å²) in [6.45, 7) is 6.75. The molecule has 12 heavy (non-hydrogen) atoms. The molecular formula is C10H15NS. The van der Waals surface area contributed by atoms with Crippen LogP contribution >= 0.6 is 11.8 Å². The van der Waals surface area contributed by atoms with Gasteiger partial charge < -0.3 is 4.57 Å². The number of aromatic nitrogens is 1. The van der Waals surface area contributed by atoms with E-state index >= 15 is 0 Å². The maximum atomic E-state index is 2.32. The molecule has 2 heterocycles. The molecule has 66 valence electrons. The quantitative estimate of drug-likeness (QED) is 0.635. The Hall–Kier alpha value is -0.370. The van der Waals surface area contributed by atoms with Crippen LogP contribution in [0.2, 0.25) is 0 Å². The lowest BCUT2D eigenvalue weighted by Crippen LogP contribution is -2.00. The van der Waals surface area contributed by atoms with Gasteiger partial charge in [-0.1, -0.05) is 0 Å². The van der Waals surface area contributed by atoms with Crippen LogP contribution in [0.25, 0.3) is 0 Å². The van der Waals surface area contributed by atoms with Crippen molar-refractivity contribution in [2.24, 2.45) is 0 Å². The monoisotopic (exact) mass is 181 g/mol. The number of nitrogens with zero attached hydrogens (tertiary/aromatic N) is 1. The lowest BCUT2D eigenvalue weighted by Gasteiger charge is -2.06. The highest BCUT2D eigenvalue weighted by Gasteiger charge is 2.40. The van der Waals surface area contributed by atoms with Crippen molar-refractivity contribution in [3.8, 4) is 0 Å². The van der Waals surface area contributed by atoms with Crippen molar-refractivity contribution in [1.29, 1.82) is 0 Å². The van der Waals surface area contributed by atoms with Gasteiger partial charge in [-0.2, -0.15) is 0 Å². The summed E-state index contributed by atoms with van der Waals surface area (Å²) in [6, 6.07) is 2.84. The van der Waals surface area contributed by atoms with Crippen LogP contribution < -0.4 is 0 Å². The average molecular weight is 181 g/mol. The SMILES string of the molecule is CC(C)n1ccc(C2(C)CS2)c1. The van der Waals surface area contributed by atoms with E-state index in [9.17, 15) is 0 Å². The molecule has 0 aromatic carbocycles. The Kier molecular flexibility index (Phi) is 1.76. The molecule has 1 saturated heterocycles. The molecule has 0 spiro atoms. The van der Waals surface area contributed by atoms with Crippen molar-refractivity contribution in [2.75, 3.05) is 5.75 Å². The van der Waals surface area contributed by atoms with E-state index in [0.717, 1.165) is 0 Å². The third-order valence-corrected chi connectivity index (χ3v) is 3.89. The van der Waals surface area contributed by atoms with E-state index in [1.54, 1.807) is 0 Å². The first-order valence-electron chi connectivity index (χ1n) is 4.44. The molecule has 1 unspecified atom stereocenters. The molecular weight excluding hydrogens is 166 g/mol. The molecule has 1 aliphatic heterocycles. The topological polar surface area (TPSA) is 4.93 Å². The van der Waals surface area contributed by atoms with E-state index in [0.29, 0.717) is 10.8 Å². The minimum Gasteiger partial charge on any atom is -0.351 e. The van der Waals surface area contributed by atoms with Gasteiger partial charge in [0.05, 0.1) is 0 Å². The van der Waals surface area contributed by atoms with Gasteiger partial charge in [0.1, 0.15) is 0 Å². The summed E-state index contributed by atoms with van der Waals surface area (Å²) in [6.07, 6.45) is 4.47. The van der Waals surface area contributed by atoms with E-state index in [1.807, 2.05) is 11.8 Å². The van der Waals surface area contributed by atoms with Crippen LogP contribution in [0.5, 0.6) is 0 Å². The van der Waals surface area contributed by atoms with Crippen LogP contribution in [-0.2, 0) is 4.75 Å². The van der Waals surface area contributed by atoms with E-state index in [4.69, 9.17) is 0 Å². The molecule has 0 aliphatic carbocycles. The molecule has 0 amide bonds. The molecule has 1 aliphatic rings. The highest BCUT2D eigenvalue weighted by Crippen LogP contribution is 2.53. The van der Waals surface area contributed by atoms with Crippen LogP contribution in [0.3, 0.4) is 0 Å². The van der Waals surface area contributed by atoms with Gasteiger partial charge in [-0.3, -0.25) is 0 Å². The Morgan fingerprint density at radius 3 is 2.67 bits per heavy atom. The van der Waals surface area contributed by atoms with Crippen molar-refractivity contribution < 1.29 is 0 Å². The van der Waals surface area contributed by atoms with Gasteiger partial charge in [-0.15, -0.1) is 11.8 Å². The molecule has 1 nitrogen and oxygen atoms in total. The second-order valence-electron chi connectivity index (χ2n) is 3.96. The Balaban J connectivity index is 2.25. The Bertz CT molecular complexity index is 284. The minimum absolute atomic E-state index is 0.445. The molecule has 1 aromatic heterocycles. The summed E-state index contributed by atoms with van der Waals surface area (Å²) < 4.78 is 2.72. The molecule has 0 saturated carbocycles. The molecule has 1 aromatic rings. The van der Waals surface area contributed by atoms with Crippen molar-refractivity contribution in [3.05, 3.63) is 24.0 Å². The molecule has 1 atom stereocenters. The van der Waals surface area contributed by atoms with Crippen LogP contribution in [0.15, 0.2) is 18.5 Å². The lowest BCUT2D eigenvalue weighted by molar-refractivity contribution is 0.601. The van der Waals surface area contributed by atoms with Crippen molar-refractivity contribution in [2.45, 2.75) is 31.6 Å². The summed E-state index contributed by atoms with van der Waals surface area (Å²) in [5.74, 6) is 1.29. The van der Waals surface area contributed by atoms with Gasteiger partial charge >= 0.3 is 0 Å². The summed E-state index contributed by atoms with van der Waals surface area (Å²) in [5.41, 5.74) is 1.49. The number of hydrogen-bond donors (Lipinski definition) is 0. The molecule has 2 rings (SSSR count). The summed E-state index contributed by atoms with van der Waals surface area (Å²) in [7, 11) is 0. The standard InChI is InChI=1S/C10H15NS/c1-8(2)11-5-4-9(6-11)10(3)7-12-10/h4-6,8H,7H2,1-3H3. The van der Waals surface area contributed by atoms with Crippen molar-refractivity contribution >= 4 is 11.8 Å². The Labute approximate surface area is 78.2 Å². The predicted molar refractivity (Wildman–Crippen MR) is 54.6 cm³/mol. The van der Waals surface area contributed by atoms with Crippen LogP contribution in [0, 0.1) is 0 Å². The van der Waals surface area contributed by atoms with E-state index in [1.165, 1.54) is 11.3 Å². The molecule has 0 radical (unpaired) electrons. The zero-order chi connectivity index (χ0) is 8.77. The zero-order valence-electron chi connectivity index (χ0n) is 7.87. The van der Waals surface area contributed by atoms with E-state index in [2.05, 4.69) is 43.8 Å². The third-order valence-electron chi connectivity index (χ3n) is 2.50. The smallest absolute Gasteiger partial charge is 0.0486 e. The molecule has 2 heteroatoms. The minimum atomic E-state index is 0.445. The van der Waals surface area contributed by atoms with Gasteiger partial charge in [-0.05, 0) is 32.4 Å². The zero-order valence-corrected chi connectivity index (χ0v) is 8.69. The second-order valence-corrected chi connectivity index (χ2v) is 5.44. The van der Waals surface area contributed by atoms with Gasteiger partial charge in [0.15, 0.2) is 0 Å². The Morgan fingerprint density at radius 1 is 1.58 bits per heavy atom. The first-order valence-corrected chi connectivity index (χ1v) is 5.42. The first kappa shape index (κ1) is 8.24. The average Bonchev–Trinajstić information content (AvgIpc) is 2.61. The fraction of sp³-hybridized carbons (Fsp3) is 0.600. The lowest BCUT2D eigenvalue weighted by atomic mass is 10.1. The first-order chi connectivity index (χ1) is 5.62. The predicted octanol–water partition coefficient (Wildman–Crippen LogP) is 3.03. The van der Waals surface area contributed by atoms with E-state index in [-0.39, 0.29) is 0 Å². The largest absolute Gasteiger partial charge is 0.351 e. The van der Waals surface area contributed by atoms with Gasteiger partial charge in [-0.25, -0.2) is 0 Å². The maximum absolute atomic E-state index is 2.32. The molecule has 0 N–H and O–H groups in total. The maximum Gasteiger partial charge on any atom is 0.0486 e. The number of rotatable bonds is 2. The fourth-order valence-corrected chi connectivity index (χ4v) is 1.99. The molecule has 1 fully saturated rings. The highest BCUT2D eigenvalue weighted by molar-refractivity contribution is 8.07. The molecule has 0 bridgehead atoms. The van der Waals surface area contributed by atoms with Gasteiger partial charge in [0, 0.05) is 28.9 Å². The second kappa shape index (κ2) is 2.56. The van der Waals surface area contributed by atoms with Gasteiger partial charge in [0.25, 0.3) is 0 Å². The van der Waals surface area contributed by atoms with Crippen LogP contribution in [0.4, 0.5) is 0 Å². The summed E-state index contributed by atoms with van der Waals surface area (Å²) in [4.78, 5) is 0. The number of thioether (sulfide) groups is 1. The third kappa shape index (κ3) is 1.28.